The smallest absolute Gasteiger partial charge is 0.343 e. The molecule has 2 atom stereocenters. The van der Waals surface area contributed by atoms with E-state index < -0.39 is 24.0 Å². The van der Waals surface area contributed by atoms with Crippen LogP contribution in [-0.2, 0) is 18.6 Å². The SMILES string of the molecule is CCOC(=O)C(N=Nc1ccc([N+](=O)[O-])cc1)P(=O)(OCCCl)c1ccccc1. The zero-order valence-corrected chi connectivity index (χ0v) is 17.2. The summed E-state index contributed by atoms with van der Waals surface area (Å²) in [6.07, 6.45) is 0. The van der Waals surface area contributed by atoms with E-state index in [0.29, 0.717) is 0 Å². The second-order valence-corrected chi connectivity index (χ2v) is 8.41. The molecule has 0 fully saturated rings. The molecule has 0 aliphatic rings. The Morgan fingerprint density at radius 3 is 2.41 bits per heavy atom. The van der Waals surface area contributed by atoms with Gasteiger partial charge in [-0.1, -0.05) is 18.2 Å². The molecule has 0 aliphatic heterocycles. The lowest BCUT2D eigenvalue weighted by molar-refractivity contribution is -0.384. The number of non-ortho nitro benzene ring substituents is 1. The number of alkyl halides is 1. The number of carbonyl (C=O) groups is 1. The molecule has 0 spiro atoms. The van der Waals surface area contributed by atoms with Crippen LogP contribution in [-0.4, -0.2) is 35.8 Å². The molecule has 0 aromatic heterocycles. The third-order valence-corrected chi connectivity index (χ3v) is 6.34. The van der Waals surface area contributed by atoms with Crippen LogP contribution in [0.4, 0.5) is 11.4 Å². The highest BCUT2D eigenvalue weighted by molar-refractivity contribution is 7.68. The zero-order valence-electron chi connectivity index (χ0n) is 15.5. The lowest BCUT2D eigenvalue weighted by atomic mass is 10.3. The Labute approximate surface area is 172 Å². The van der Waals surface area contributed by atoms with Crippen LogP contribution in [0.1, 0.15) is 6.92 Å². The van der Waals surface area contributed by atoms with Crippen LogP contribution in [0, 0.1) is 10.1 Å². The highest BCUT2D eigenvalue weighted by atomic mass is 35.5. The van der Waals surface area contributed by atoms with E-state index >= 15 is 0 Å². The molecule has 0 aliphatic carbocycles. The van der Waals surface area contributed by atoms with Crippen molar-refractivity contribution in [3.05, 3.63) is 64.7 Å². The highest BCUT2D eigenvalue weighted by Gasteiger charge is 2.43. The van der Waals surface area contributed by atoms with Crippen molar-refractivity contribution < 1.29 is 23.5 Å². The van der Waals surface area contributed by atoms with E-state index in [0.717, 1.165) is 0 Å². The first-order chi connectivity index (χ1) is 13.9. The van der Waals surface area contributed by atoms with Crippen molar-refractivity contribution >= 4 is 41.6 Å². The summed E-state index contributed by atoms with van der Waals surface area (Å²) in [5.74, 6) is -2.35. The molecule has 29 heavy (non-hydrogen) atoms. The Morgan fingerprint density at radius 2 is 1.86 bits per heavy atom. The number of carbonyl (C=O) groups excluding carboxylic acids is 1. The molecule has 2 aromatic carbocycles. The summed E-state index contributed by atoms with van der Waals surface area (Å²) in [6, 6.07) is 13.4. The third-order valence-electron chi connectivity index (χ3n) is 3.64. The fourth-order valence-electron chi connectivity index (χ4n) is 2.33. The molecule has 0 heterocycles. The van der Waals surface area contributed by atoms with E-state index in [-0.39, 0.29) is 35.8 Å². The van der Waals surface area contributed by atoms with Crippen molar-refractivity contribution in [2.75, 3.05) is 19.1 Å². The number of halogens is 1. The van der Waals surface area contributed by atoms with Crippen LogP contribution < -0.4 is 5.30 Å². The Balaban J connectivity index is 2.44. The largest absolute Gasteiger partial charge is 0.464 e. The maximum absolute atomic E-state index is 13.7. The first kappa shape index (κ1) is 22.7. The molecule has 2 unspecified atom stereocenters. The molecule has 0 saturated heterocycles. The van der Waals surface area contributed by atoms with Gasteiger partial charge in [-0.2, -0.15) is 10.2 Å². The molecule has 11 heteroatoms. The summed E-state index contributed by atoms with van der Waals surface area (Å²) in [5.41, 5.74) is 0.119. The lowest BCUT2D eigenvalue weighted by Gasteiger charge is -2.22. The highest BCUT2D eigenvalue weighted by Crippen LogP contribution is 2.52. The van der Waals surface area contributed by atoms with Gasteiger partial charge in [0, 0.05) is 23.3 Å². The van der Waals surface area contributed by atoms with Crippen LogP contribution in [0.3, 0.4) is 0 Å². The number of nitro groups is 1. The predicted octanol–water partition coefficient (Wildman–Crippen LogP) is 4.43. The van der Waals surface area contributed by atoms with Crippen LogP contribution in [0.25, 0.3) is 0 Å². The number of hydrogen-bond donors (Lipinski definition) is 0. The normalized spacial score (nSPS) is 14.3. The fourth-order valence-corrected chi connectivity index (χ4v) is 4.57. The van der Waals surface area contributed by atoms with E-state index in [1.807, 2.05) is 0 Å². The summed E-state index contributed by atoms with van der Waals surface area (Å²) in [6.45, 7) is 1.58. The van der Waals surface area contributed by atoms with Crippen molar-refractivity contribution in [2.45, 2.75) is 12.7 Å². The minimum atomic E-state index is -3.87. The van der Waals surface area contributed by atoms with E-state index in [4.69, 9.17) is 20.9 Å². The number of hydrogen-bond acceptors (Lipinski definition) is 8. The maximum atomic E-state index is 13.7. The van der Waals surface area contributed by atoms with Gasteiger partial charge in [-0.15, -0.1) is 11.6 Å². The van der Waals surface area contributed by atoms with Crippen molar-refractivity contribution in [1.82, 2.24) is 0 Å². The second kappa shape index (κ2) is 10.8. The number of nitrogens with zero attached hydrogens (tertiary/aromatic N) is 3. The van der Waals surface area contributed by atoms with Crippen LogP contribution >= 0.6 is 19.0 Å². The molecular formula is C18H19ClN3O6P. The van der Waals surface area contributed by atoms with Crippen molar-refractivity contribution in [2.24, 2.45) is 10.2 Å². The molecule has 0 amide bonds. The first-order valence-electron chi connectivity index (χ1n) is 8.60. The van der Waals surface area contributed by atoms with Gasteiger partial charge in [-0.3, -0.25) is 14.7 Å². The summed E-state index contributed by atoms with van der Waals surface area (Å²) in [7, 11) is -3.87. The van der Waals surface area contributed by atoms with Crippen molar-refractivity contribution in [3.63, 3.8) is 0 Å². The van der Waals surface area contributed by atoms with Gasteiger partial charge < -0.3 is 9.26 Å². The van der Waals surface area contributed by atoms with Gasteiger partial charge in [-0.05, 0) is 31.2 Å². The predicted molar refractivity (Wildman–Crippen MR) is 108 cm³/mol. The number of nitro benzene ring substituents is 1. The van der Waals surface area contributed by atoms with E-state index in [2.05, 4.69) is 10.2 Å². The molecule has 0 radical (unpaired) electrons. The summed E-state index contributed by atoms with van der Waals surface area (Å²) < 4.78 is 24.3. The van der Waals surface area contributed by atoms with Crippen LogP contribution in [0.2, 0.25) is 0 Å². The Kier molecular flexibility index (Phi) is 8.45. The number of ether oxygens (including phenoxy) is 1. The van der Waals surface area contributed by atoms with Gasteiger partial charge in [0.1, 0.15) is 0 Å². The summed E-state index contributed by atoms with van der Waals surface area (Å²) in [4.78, 5) is 22.7. The van der Waals surface area contributed by atoms with E-state index in [1.54, 1.807) is 37.3 Å². The molecule has 9 nitrogen and oxygen atoms in total. The molecule has 2 aromatic rings. The van der Waals surface area contributed by atoms with Gasteiger partial charge in [-0.25, -0.2) is 4.79 Å². The zero-order chi connectivity index (χ0) is 21.3. The molecule has 2 rings (SSSR count). The maximum Gasteiger partial charge on any atom is 0.343 e. The Hall–Kier alpha value is -2.61. The molecule has 0 N–H and O–H groups in total. The van der Waals surface area contributed by atoms with Gasteiger partial charge in [0.15, 0.2) is 0 Å². The summed E-state index contributed by atoms with van der Waals surface area (Å²) >= 11 is 5.68. The average molecular weight is 440 g/mol. The molecule has 154 valence electrons. The van der Waals surface area contributed by atoms with Gasteiger partial charge in [0.05, 0.1) is 23.8 Å². The van der Waals surface area contributed by atoms with Crippen molar-refractivity contribution in [1.29, 1.82) is 0 Å². The van der Waals surface area contributed by atoms with Gasteiger partial charge >= 0.3 is 5.97 Å². The standard InChI is InChI=1S/C18H19ClN3O6P/c1-2-27-18(23)17(21-20-14-8-10-15(11-9-14)22(24)25)29(26,28-13-12-19)16-6-4-3-5-7-16/h3-11,17H,2,12-13H2,1H3. The topological polar surface area (TPSA) is 120 Å². The van der Waals surface area contributed by atoms with Crippen molar-refractivity contribution in [3.8, 4) is 0 Å². The summed E-state index contributed by atoms with van der Waals surface area (Å²) in [5, 5.41) is 18.9. The minimum absolute atomic E-state index is 0.0483. The number of azo groups is 1. The lowest BCUT2D eigenvalue weighted by Crippen LogP contribution is -2.28. The Bertz CT molecular complexity index is 908. The van der Waals surface area contributed by atoms with E-state index in [9.17, 15) is 19.5 Å². The van der Waals surface area contributed by atoms with Gasteiger partial charge in [0.2, 0.25) is 5.78 Å². The average Bonchev–Trinajstić information content (AvgIpc) is 2.73. The van der Waals surface area contributed by atoms with Gasteiger partial charge in [0.25, 0.3) is 13.1 Å². The number of rotatable bonds is 10. The first-order valence-corrected chi connectivity index (χ1v) is 10.8. The fraction of sp³-hybridized carbons (Fsp3) is 0.278. The quantitative estimate of drug-likeness (QED) is 0.135. The molecular weight excluding hydrogens is 421 g/mol. The van der Waals surface area contributed by atoms with E-state index in [1.165, 1.54) is 24.3 Å². The second-order valence-electron chi connectivity index (χ2n) is 5.57. The molecule has 0 bridgehead atoms. The molecule has 0 saturated carbocycles. The van der Waals surface area contributed by atoms with Crippen LogP contribution in [0.5, 0.6) is 0 Å². The van der Waals surface area contributed by atoms with Crippen LogP contribution in [0.15, 0.2) is 64.8 Å². The third kappa shape index (κ3) is 5.93. The monoisotopic (exact) mass is 439 g/mol. The minimum Gasteiger partial charge on any atom is -0.464 e. The number of esters is 1. The Morgan fingerprint density at radius 1 is 1.21 bits per heavy atom. The number of benzene rings is 2.